The number of anilines is 1. The van der Waals surface area contributed by atoms with Crippen molar-refractivity contribution >= 4 is 34.4 Å². The maximum Gasteiger partial charge on any atom is 0.0798 e. The largest absolute Gasteiger partial charge is 0.338 e. The Hall–Kier alpha value is -2.52. The van der Waals surface area contributed by atoms with E-state index in [1.807, 2.05) is 18.2 Å². The quantitative estimate of drug-likeness (QED) is 0.635. The van der Waals surface area contributed by atoms with Crippen LogP contribution in [0.5, 0.6) is 0 Å². The molecule has 0 N–H and O–H groups in total. The summed E-state index contributed by atoms with van der Waals surface area (Å²) in [5, 5.41) is 2.40. The van der Waals surface area contributed by atoms with Gasteiger partial charge in [0.05, 0.1) is 21.9 Å². The lowest BCUT2D eigenvalue weighted by molar-refractivity contribution is 1.17. The minimum atomic E-state index is 0.976. The molecular formula is C20H16N2S. The standard InChI is InChI=1S/C20H16N2S/c1-22-18-10-4-5-11-19(18)23-20(22)12-6-8-16-14-13-15-7-2-3-9-17(15)21-16/h2-14H,1H3. The summed E-state index contributed by atoms with van der Waals surface area (Å²) < 4.78 is 0. The zero-order valence-corrected chi connectivity index (χ0v) is 13.6. The highest BCUT2D eigenvalue weighted by Gasteiger charge is 2.20. The summed E-state index contributed by atoms with van der Waals surface area (Å²) in [4.78, 5) is 8.19. The van der Waals surface area contributed by atoms with E-state index < -0.39 is 0 Å². The molecule has 112 valence electrons. The maximum absolute atomic E-state index is 4.66. The molecule has 1 aromatic heterocycles. The Balaban J connectivity index is 1.57. The molecule has 0 amide bonds. The molecule has 0 atom stereocenters. The van der Waals surface area contributed by atoms with Crippen molar-refractivity contribution in [1.82, 2.24) is 4.98 Å². The number of hydrogen-bond donors (Lipinski definition) is 0. The molecule has 0 saturated carbocycles. The molecule has 23 heavy (non-hydrogen) atoms. The SMILES string of the molecule is CN1C(=CC=Cc2ccc3ccccc3n2)Sc2ccccc21. The molecule has 2 nitrogen and oxygen atoms in total. The van der Waals surface area contributed by atoms with Gasteiger partial charge in [0, 0.05) is 17.3 Å². The number of aromatic nitrogens is 1. The van der Waals surface area contributed by atoms with Crippen molar-refractivity contribution in [1.29, 1.82) is 0 Å². The molecule has 1 aliphatic rings. The Morgan fingerprint density at radius 3 is 2.70 bits per heavy atom. The van der Waals surface area contributed by atoms with Crippen LogP contribution in [0.15, 0.2) is 82.7 Å². The average Bonchev–Trinajstić information content (AvgIpc) is 2.91. The smallest absolute Gasteiger partial charge is 0.0798 e. The normalized spacial score (nSPS) is 15.7. The van der Waals surface area contributed by atoms with Gasteiger partial charge in [0.2, 0.25) is 0 Å². The van der Waals surface area contributed by atoms with Crippen LogP contribution in [0, 0.1) is 0 Å². The maximum atomic E-state index is 4.66. The fourth-order valence-corrected chi connectivity index (χ4v) is 3.73. The van der Waals surface area contributed by atoms with E-state index in [0.717, 1.165) is 11.2 Å². The lowest BCUT2D eigenvalue weighted by Gasteiger charge is -2.12. The van der Waals surface area contributed by atoms with Crippen molar-refractivity contribution in [2.45, 2.75) is 4.90 Å². The first kappa shape index (κ1) is 14.1. The van der Waals surface area contributed by atoms with Crippen LogP contribution < -0.4 is 4.90 Å². The fourth-order valence-electron chi connectivity index (χ4n) is 2.67. The predicted molar refractivity (Wildman–Crippen MR) is 99.6 cm³/mol. The zero-order valence-electron chi connectivity index (χ0n) is 12.8. The van der Waals surface area contributed by atoms with Crippen molar-refractivity contribution in [2.75, 3.05) is 11.9 Å². The number of fused-ring (bicyclic) bond motifs is 2. The van der Waals surface area contributed by atoms with Crippen molar-refractivity contribution in [3.8, 4) is 0 Å². The minimum Gasteiger partial charge on any atom is -0.338 e. The molecule has 3 aromatic rings. The van der Waals surface area contributed by atoms with E-state index in [2.05, 4.69) is 77.6 Å². The fraction of sp³-hybridized carbons (Fsp3) is 0.0500. The van der Waals surface area contributed by atoms with E-state index in [9.17, 15) is 0 Å². The third-order valence-corrected chi connectivity index (χ3v) is 5.08. The first-order valence-electron chi connectivity index (χ1n) is 7.56. The summed E-state index contributed by atoms with van der Waals surface area (Å²) in [6.07, 6.45) is 6.26. The molecule has 0 unspecified atom stereocenters. The number of para-hydroxylation sites is 2. The van der Waals surface area contributed by atoms with E-state index in [0.29, 0.717) is 0 Å². The van der Waals surface area contributed by atoms with Gasteiger partial charge in [-0.05, 0) is 36.4 Å². The molecule has 1 aliphatic heterocycles. The van der Waals surface area contributed by atoms with Crippen molar-refractivity contribution in [3.05, 3.63) is 83.5 Å². The summed E-state index contributed by atoms with van der Waals surface area (Å²) in [6.45, 7) is 0. The number of pyridine rings is 1. The van der Waals surface area contributed by atoms with E-state index in [1.54, 1.807) is 11.8 Å². The van der Waals surface area contributed by atoms with E-state index in [1.165, 1.54) is 21.0 Å². The first-order valence-corrected chi connectivity index (χ1v) is 8.38. The van der Waals surface area contributed by atoms with E-state index in [-0.39, 0.29) is 0 Å². The Labute approximate surface area is 140 Å². The molecule has 4 rings (SSSR count). The number of rotatable bonds is 2. The van der Waals surface area contributed by atoms with Crippen LogP contribution in [0.3, 0.4) is 0 Å². The number of allylic oxidation sites excluding steroid dienone is 2. The monoisotopic (exact) mass is 316 g/mol. The molecule has 0 aliphatic carbocycles. The van der Waals surface area contributed by atoms with Gasteiger partial charge in [-0.2, -0.15) is 0 Å². The zero-order chi connectivity index (χ0) is 15.6. The Kier molecular flexibility index (Phi) is 3.64. The summed E-state index contributed by atoms with van der Waals surface area (Å²) in [7, 11) is 2.10. The van der Waals surface area contributed by atoms with Gasteiger partial charge in [-0.1, -0.05) is 54.2 Å². The lowest BCUT2D eigenvalue weighted by Crippen LogP contribution is -2.08. The number of benzene rings is 2. The highest BCUT2D eigenvalue weighted by molar-refractivity contribution is 8.03. The lowest BCUT2D eigenvalue weighted by atomic mass is 10.2. The number of nitrogens with zero attached hydrogens (tertiary/aromatic N) is 2. The van der Waals surface area contributed by atoms with E-state index in [4.69, 9.17) is 0 Å². The molecule has 2 heterocycles. The van der Waals surface area contributed by atoms with Gasteiger partial charge in [-0.3, -0.25) is 0 Å². The van der Waals surface area contributed by atoms with Crippen molar-refractivity contribution in [2.24, 2.45) is 0 Å². The first-order chi connectivity index (χ1) is 11.3. The van der Waals surface area contributed by atoms with Crippen molar-refractivity contribution < 1.29 is 0 Å². The third kappa shape index (κ3) is 2.76. The van der Waals surface area contributed by atoms with Crippen LogP contribution in [0.25, 0.3) is 17.0 Å². The Morgan fingerprint density at radius 1 is 0.957 bits per heavy atom. The second-order valence-electron chi connectivity index (χ2n) is 5.42. The molecule has 3 heteroatoms. The summed E-state index contributed by atoms with van der Waals surface area (Å²) >= 11 is 1.80. The average molecular weight is 316 g/mol. The van der Waals surface area contributed by atoms with E-state index >= 15 is 0 Å². The van der Waals surface area contributed by atoms with Crippen LogP contribution in [-0.2, 0) is 0 Å². The summed E-state index contributed by atoms with van der Waals surface area (Å²) in [5.41, 5.74) is 3.27. The number of thioether (sulfide) groups is 1. The van der Waals surface area contributed by atoms with Crippen molar-refractivity contribution in [3.63, 3.8) is 0 Å². The highest BCUT2D eigenvalue weighted by atomic mass is 32.2. The van der Waals surface area contributed by atoms with Gasteiger partial charge in [0.15, 0.2) is 0 Å². The highest BCUT2D eigenvalue weighted by Crippen LogP contribution is 2.44. The Morgan fingerprint density at radius 2 is 1.78 bits per heavy atom. The molecule has 0 saturated heterocycles. The Bertz CT molecular complexity index is 928. The molecular weight excluding hydrogens is 300 g/mol. The summed E-state index contributed by atoms with van der Waals surface area (Å²) in [6, 6.07) is 20.8. The molecule has 0 radical (unpaired) electrons. The van der Waals surface area contributed by atoms with Crippen LogP contribution in [0.2, 0.25) is 0 Å². The number of hydrogen-bond acceptors (Lipinski definition) is 3. The van der Waals surface area contributed by atoms with Crippen LogP contribution in [0.1, 0.15) is 5.69 Å². The molecule has 0 fully saturated rings. The van der Waals surface area contributed by atoms with Crippen LogP contribution in [-0.4, -0.2) is 12.0 Å². The van der Waals surface area contributed by atoms with Gasteiger partial charge in [0.25, 0.3) is 0 Å². The molecule has 2 aromatic carbocycles. The predicted octanol–water partition coefficient (Wildman–Crippen LogP) is 5.33. The van der Waals surface area contributed by atoms with Crippen LogP contribution in [0.4, 0.5) is 5.69 Å². The third-order valence-electron chi connectivity index (χ3n) is 3.90. The topological polar surface area (TPSA) is 16.1 Å². The molecule has 0 bridgehead atoms. The molecule has 0 spiro atoms. The summed E-state index contributed by atoms with van der Waals surface area (Å²) in [5.74, 6) is 0. The van der Waals surface area contributed by atoms with Gasteiger partial charge < -0.3 is 4.90 Å². The minimum absolute atomic E-state index is 0.976. The second-order valence-corrected chi connectivity index (χ2v) is 6.48. The second kappa shape index (κ2) is 5.94. The van der Waals surface area contributed by atoms with Gasteiger partial charge in [0.1, 0.15) is 0 Å². The van der Waals surface area contributed by atoms with Gasteiger partial charge in [-0.25, -0.2) is 4.98 Å². The van der Waals surface area contributed by atoms with Gasteiger partial charge >= 0.3 is 0 Å². The van der Waals surface area contributed by atoms with Crippen LogP contribution >= 0.6 is 11.8 Å². The van der Waals surface area contributed by atoms with Gasteiger partial charge in [-0.15, -0.1) is 0 Å².